The van der Waals surface area contributed by atoms with Gasteiger partial charge in [0.15, 0.2) is 18.1 Å². The molecule has 1 fully saturated rings. The predicted octanol–water partition coefficient (Wildman–Crippen LogP) is 1.54. The highest BCUT2D eigenvalue weighted by Gasteiger charge is 2.23. The molecule has 2 rings (SSSR count). The van der Waals surface area contributed by atoms with Crippen LogP contribution in [0.5, 0.6) is 11.5 Å². The first-order chi connectivity index (χ1) is 10.0. The molecule has 1 aliphatic rings. The molecule has 0 aliphatic carbocycles. The highest BCUT2D eigenvalue weighted by Crippen LogP contribution is 2.37. The van der Waals surface area contributed by atoms with E-state index in [9.17, 15) is 9.59 Å². The molecule has 0 bridgehead atoms. The number of carbonyl (C=O) groups is 2. The van der Waals surface area contributed by atoms with Crippen molar-refractivity contribution in [1.82, 2.24) is 10.6 Å². The Bertz CT molecular complexity index is 679. The van der Waals surface area contributed by atoms with Gasteiger partial charge in [0.25, 0.3) is 5.91 Å². The van der Waals surface area contributed by atoms with E-state index >= 15 is 0 Å². The van der Waals surface area contributed by atoms with Gasteiger partial charge in [-0.15, -0.1) is 0 Å². The van der Waals surface area contributed by atoms with Crippen molar-refractivity contribution < 1.29 is 19.1 Å². The summed E-state index contributed by atoms with van der Waals surface area (Å²) in [5.41, 5.74) is 0.759. The van der Waals surface area contributed by atoms with Gasteiger partial charge in [-0.05, 0) is 39.7 Å². The molecule has 1 heterocycles. The van der Waals surface area contributed by atoms with Gasteiger partial charge < -0.3 is 14.8 Å². The molecule has 0 atom stereocenters. The Morgan fingerprint density at radius 2 is 2.14 bits per heavy atom. The van der Waals surface area contributed by atoms with Crippen LogP contribution < -0.4 is 20.1 Å². The highest BCUT2D eigenvalue weighted by molar-refractivity contribution is 9.10. The van der Waals surface area contributed by atoms with E-state index in [0.717, 1.165) is 0 Å². The van der Waals surface area contributed by atoms with E-state index in [0.29, 0.717) is 21.5 Å². The number of carbonyl (C=O) groups excluding carboxylic acids is 2. The van der Waals surface area contributed by atoms with Gasteiger partial charge in [-0.2, -0.15) is 5.26 Å². The van der Waals surface area contributed by atoms with Crippen LogP contribution in [0.1, 0.15) is 5.56 Å². The predicted molar refractivity (Wildman–Crippen MR) is 76.5 cm³/mol. The Morgan fingerprint density at radius 1 is 1.38 bits per heavy atom. The topological polar surface area (TPSA) is 100 Å². The van der Waals surface area contributed by atoms with Crippen molar-refractivity contribution in [3.8, 4) is 17.6 Å². The van der Waals surface area contributed by atoms with Crippen molar-refractivity contribution in [2.24, 2.45) is 0 Å². The number of amides is 3. The molecule has 8 heteroatoms. The van der Waals surface area contributed by atoms with Crippen LogP contribution in [-0.4, -0.2) is 25.7 Å². The summed E-state index contributed by atoms with van der Waals surface area (Å²) in [6, 6.07) is 4.61. The van der Waals surface area contributed by atoms with Gasteiger partial charge in [0.05, 0.1) is 11.6 Å². The van der Waals surface area contributed by atoms with Gasteiger partial charge >= 0.3 is 6.03 Å². The fourth-order valence-electron chi connectivity index (χ4n) is 1.72. The van der Waals surface area contributed by atoms with Crippen LogP contribution in [0, 0.1) is 11.3 Å². The van der Waals surface area contributed by atoms with E-state index in [1.165, 1.54) is 13.2 Å². The van der Waals surface area contributed by atoms with E-state index < -0.39 is 11.9 Å². The number of nitrogens with zero attached hydrogens (tertiary/aromatic N) is 1. The molecule has 108 valence electrons. The average Bonchev–Trinajstić information content (AvgIpc) is 2.75. The largest absolute Gasteiger partial charge is 0.493 e. The summed E-state index contributed by atoms with van der Waals surface area (Å²) in [5.74, 6) is 0.289. The van der Waals surface area contributed by atoms with Crippen molar-refractivity contribution in [2.75, 3.05) is 13.7 Å². The molecule has 1 saturated heterocycles. The number of imide groups is 1. The molecule has 0 unspecified atom stereocenters. The maximum absolute atomic E-state index is 11.5. The number of rotatable bonds is 4. The van der Waals surface area contributed by atoms with Crippen molar-refractivity contribution in [2.45, 2.75) is 0 Å². The molecular formula is C13H10BrN3O4. The molecule has 1 aliphatic heterocycles. The SMILES string of the molecule is COc1cc(/C=C2/NC(=O)NC2=O)cc(Br)c1OCC#N. The minimum atomic E-state index is -0.564. The number of urea groups is 1. The number of halogens is 1. The van der Waals surface area contributed by atoms with Gasteiger partial charge in [-0.25, -0.2) is 4.79 Å². The van der Waals surface area contributed by atoms with Gasteiger partial charge in [0, 0.05) is 0 Å². The molecule has 1 aromatic carbocycles. The molecule has 0 spiro atoms. The summed E-state index contributed by atoms with van der Waals surface area (Å²) in [7, 11) is 1.46. The molecule has 3 amide bonds. The molecule has 1 aromatic rings. The Kier molecular flexibility index (Phi) is 4.45. The van der Waals surface area contributed by atoms with Gasteiger partial charge in [0.1, 0.15) is 11.8 Å². The number of nitrogens with one attached hydrogen (secondary N) is 2. The average molecular weight is 352 g/mol. The summed E-state index contributed by atoms with van der Waals surface area (Å²) >= 11 is 3.31. The second-order valence-electron chi connectivity index (χ2n) is 3.95. The first-order valence-corrected chi connectivity index (χ1v) is 6.55. The van der Waals surface area contributed by atoms with Crippen LogP contribution in [-0.2, 0) is 4.79 Å². The lowest BCUT2D eigenvalue weighted by atomic mass is 10.1. The summed E-state index contributed by atoms with van der Waals surface area (Å²) in [6.07, 6.45) is 1.50. The van der Waals surface area contributed by atoms with Crippen molar-refractivity contribution >= 4 is 33.9 Å². The molecule has 0 aromatic heterocycles. The summed E-state index contributed by atoms with van der Waals surface area (Å²) in [6.45, 7) is -0.117. The lowest BCUT2D eigenvalue weighted by Crippen LogP contribution is -2.22. The Labute approximate surface area is 128 Å². The number of ether oxygens (including phenoxy) is 2. The monoisotopic (exact) mass is 351 g/mol. The lowest BCUT2D eigenvalue weighted by Gasteiger charge is -2.11. The third-order valence-corrected chi connectivity index (χ3v) is 3.15. The van der Waals surface area contributed by atoms with Crippen LogP contribution in [0.3, 0.4) is 0 Å². The second-order valence-corrected chi connectivity index (χ2v) is 4.80. The normalized spacial score (nSPS) is 15.4. The van der Waals surface area contributed by atoms with Crippen LogP contribution in [0.25, 0.3) is 6.08 Å². The third-order valence-electron chi connectivity index (χ3n) is 2.56. The zero-order valence-electron chi connectivity index (χ0n) is 10.9. The molecule has 0 saturated carbocycles. The number of benzene rings is 1. The molecule has 7 nitrogen and oxygen atoms in total. The Hall–Kier alpha value is -2.53. The van der Waals surface area contributed by atoms with Gasteiger partial charge in [-0.1, -0.05) is 0 Å². The van der Waals surface area contributed by atoms with Crippen LogP contribution in [0.2, 0.25) is 0 Å². The minimum Gasteiger partial charge on any atom is -0.493 e. The Morgan fingerprint density at radius 3 is 2.71 bits per heavy atom. The zero-order chi connectivity index (χ0) is 15.4. The van der Waals surface area contributed by atoms with Crippen molar-refractivity contribution in [3.05, 3.63) is 27.9 Å². The van der Waals surface area contributed by atoms with E-state index in [4.69, 9.17) is 14.7 Å². The lowest BCUT2D eigenvalue weighted by molar-refractivity contribution is -0.115. The van der Waals surface area contributed by atoms with E-state index in [1.807, 2.05) is 6.07 Å². The number of hydrogen-bond donors (Lipinski definition) is 2. The maximum Gasteiger partial charge on any atom is 0.326 e. The van der Waals surface area contributed by atoms with Crippen LogP contribution >= 0.6 is 15.9 Å². The Balaban J connectivity index is 2.37. The fourth-order valence-corrected chi connectivity index (χ4v) is 2.29. The van der Waals surface area contributed by atoms with E-state index in [1.54, 1.807) is 12.1 Å². The second kappa shape index (κ2) is 6.28. The zero-order valence-corrected chi connectivity index (χ0v) is 12.5. The van der Waals surface area contributed by atoms with Gasteiger partial charge in [0.2, 0.25) is 0 Å². The fraction of sp³-hybridized carbons (Fsp3) is 0.154. The quantitative estimate of drug-likeness (QED) is 0.632. The summed E-state index contributed by atoms with van der Waals surface area (Å²) in [5, 5.41) is 13.1. The number of nitriles is 1. The molecular weight excluding hydrogens is 342 g/mol. The molecule has 21 heavy (non-hydrogen) atoms. The molecule has 0 radical (unpaired) electrons. The first kappa shape index (κ1) is 14.9. The first-order valence-electron chi connectivity index (χ1n) is 5.76. The number of hydrogen-bond acceptors (Lipinski definition) is 5. The third kappa shape index (κ3) is 3.32. The standard InChI is InChI=1S/C13H10BrN3O4/c1-20-10-6-7(4-8(14)11(10)21-3-2-15)5-9-12(18)17-13(19)16-9/h4-6H,3H2,1H3,(H2,16,17,18,19)/b9-5+. The van der Waals surface area contributed by atoms with Crippen LogP contribution in [0.15, 0.2) is 22.3 Å². The van der Waals surface area contributed by atoms with Crippen molar-refractivity contribution in [1.29, 1.82) is 5.26 Å². The number of methoxy groups -OCH3 is 1. The van der Waals surface area contributed by atoms with E-state index in [-0.39, 0.29) is 12.3 Å². The summed E-state index contributed by atoms with van der Waals surface area (Å²) in [4.78, 5) is 22.5. The minimum absolute atomic E-state index is 0.117. The molecule has 2 N–H and O–H groups in total. The summed E-state index contributed by atoms with van der Waals surface area (Å²) < 4.78 is 11.0. The highest BCUT2D eigenvalue weighted by atomic mass is 79.9. The smallest absolute Gasteiger partial charge is 0.326 e. The maximum atomic E-state index is 11.5. The van der Waals surface area contributed by atoms with E-state index in [2.05, 4.69) is 26.6 Å². The van der Waals surface area contributed by atoms with Crippen LogP contribution in [0.4, 0.5) is 4.79 Å². The van der Waals surface area contributed by atoms with Gasteiger partial charge in [-0.3, -0.25) is 10.1 Å². The van der Waals surface area contributed by atoms with Crippen molar-refractivity contribution in [3.63, 3.8) is 0 Å².